The molecular weight excluding hydrogens is 401 g/mol. The lowest BCUT2D eigenvalue weighted by Crippen LogP contribution is -2.05. The van der Waals surface area contributed by atoms with Crippen molar-refractivity contribution >= 4 is 40.5 Å². The highest BCUT2D eigenvalue weighted by atomic mass is 35.5. The molecule has 0 fully saturated rings. The third-order valence-electron chi connectivity index (χ3n) is 4.49. The molecule has 0 unspecified atom stereocenters. The van der Waals surface area contributed by atoms with Crippen molar-refractivity contribution in [3.63, 3.8) is 0 Å². The molecule has 3 aromatic carbocycles. The van der Waals surface area contributed by atoms with Gasteiger partial charge in [-0.2, -0.15) is 0 Å². The van der Waals surface area contributed by atoms with Gasteiger partial charge in [-0.3, -0.25) is 0 Å². The fourth-order valence-corrected chi connectivity index (χ4v) is 3.41. The molecule has 0 aliphatic carbocycles. The van der Waals surface area contributed by atoms with Crippen molar-refractivity contribution in [2.24, 2.45) is 0 Å². The van der Waals surface area contributed by atoms with E-state index in [-0.39, 0.29) is 0 Å². The molecule has 2 nitrogen and oxygen atoms in total. The average molecular weight is 421 g/mol. The number of rotatable bonds is 6. The Balaban J connectivity index is 1.75. The molecule has 5 heteroatoms. The first-order chi connectivity index (χ1) is 12.9. The van der Waals surface area contributed by atoms with Crippen LogP contribution in [0.15, 0.2) is 54.6 Å². The van der Waals surface area contributed by atoms with Gasteiger partial charge < -0.3 is 10.1 Å². The van der Waals surface area contributed by atoms with Crippen LogP contribution >= 0.6 is 34.8 Å². The first kappa shape index (κ1) is 19.9. The zero-order valence-electron chi connectivity index (χ0n) is 15.2. The molecule has 0 aliphatic heterocycles. The lowest BCUT2D eigenvalue weighted by atomic mass is 10.1. The lowest BCUT2D eigenvalue weighted by Gasteiger charge is -2.16. The topological polar surface area (TPSA) is 21.3 Å². The van der Waals surface area contributed by atoms with Gasteiger partial charge in [0.2, 0.25) is 0 Å². The zero-order chi connectivity index (χ0) is 19.4. The fraction of sp³-hybridized carbons (Fsp3) is 0.182. The minimum atomic E-state index is 0.355. The van der Waals surface area contributed by atoms with Gasteiger partial charge in [-0.1, -0.05) is 53.0 Å². The van der Waals surface area contributed by atoms with E-state index in [1.54, 1.807) is 12.1 Å². The van der Waals surface area contributed by atoms with E-state index in [1.165, 1.54) is 11.1 Å². The molecule has 27 heavy (non-hydrogen) atoms. The largest absolute Gasteiger partial charge is 0.488 e. The van der Waals surface area contributed by atoms with Gasteiger partial charge in [0.05, 0.1) is 0 Å². The molecule has 1 N–H and O–H groups in total. The first-order valence-corrected chi connectivity index (χ1v) is 9.72. The summed E-state index contributed by atoms with van der Waals surface area (Å²) in [6.45, 7) is 5.17. The van der Waals surface area contributed by atoms with Gasteiger partial charge in [-0.05, 0) is 61.4 Å². The Morgan fingerprint density at radius 3 is 2.37 bits per heavy atom. The van der Waals surface area contributed by atoms with E-state index in [0.717, 1.165) is 22.6 Å². The summed E-state index contributed by atoms with van der Waals surface area (Å²) in [7, 11) is 0. The maximum Gasteiger partial charge on any atom is 0.124 e. The molecule has 3 rings (SSSR count). The highest BCUT2D eigenvalue weighted by Gasteiger charge is 2.09. The summed E-state index contributed by atoms with van der Waals surface area (Å²) in [5.41, 5.74) is 5.44. The van der Waals surface area contributed by atoms with E-state index in [1.807, 2.05) is 30.3 Å². The molecule has 0 aliphatic rings. The van der Waals surface area contributed by atoms with Crippen LogP contribution in [0.5, 0.6) is 5.75 Å². The van der Waals surface area contributed by atoms with Crippen LogP contribution in [0.2, 0.25) is 15.1 Å². The van der Waals surface area contributed by atoms with Gasteiger partial charge in [-0.25, -0.2) is 0 Å². The molecule has 0 radical (unpaired) electrons. The smallest absolute Gasteiger partial charge is 0.124 e. The van der Waals surface area contributed by atoms with E-state index in [9.17, 15) is 0 Å². The highest BCUT2D eigenvalue weighted by Crippen LogP contribution is 2.28. The molecule has 140 valence electrons. The van der Waals surface area contributed by atoms with Gasteiger partial charge in [0.15, 0.2) is 0 Å². The van der Waals surface area contributed by atoms with E-state index in [2.05, 4.69) is 31.3 Å². The molecule has 3 aromatic rings. The molecule has 0 spiro atoms. The summed E-state index contributed by atoms with van der Waals surface area (Å²) >= 11 is 18.4. The lowest BCUT2D eigenvalue weighted by molar-refractivity contribution is 0.303. The van der Waals surface area contributed by atoms with E-state index in [4.69, 9.17) is 39.5 Å². The van der Waals surface area contributed by atoms with Crippen LogP contribution in [-0.2, 0) is 13.2 Å². The Kier molecular flexibility index (Phi) is 6.54. The number of nitrogens with one attached hydrogen (secondary N) is 1. The van der Waals surface area contributed by atoms with Gasteiger partial charge in [0, 0.05) is 38.4 Å². The Morgan fingerprint density at radius 2 is 1.59 bits per heavy atom. The number of hydrogen-bond donors (Lipinski definition) is 1. The van der Waals surface area contributed by atoms with Crippen molar-refractivity contribution < 1.29 is 4.74 Å². The molecule has 0 bridgehead atoms. The van der Waals surface area contributed by atoms with Gasteiger partial charge >= 0.3 is 0 Å². The number of benzene rings is 3. The Hall–Kier alpha value is -1.87. The maximum atomic E-state index is 6.24. The minimum absolute atomic E-state index is 0.355. The SMILES string of the molecule is Cc1cccc(NCc2cc(Cl)ccc2OCc2ccc(Cl)cc2Cl)c1C. The summed E-state index contributed by atoms with van der Waals surface area (Å²) in [6, 6.07) is 17.2. The molecular formula is C22H20Cl3NO. The third-order valence-corrected chi connectivity index (χ3v) is 5.32. The van der Waals surface area contributed by atoms with E-state index < -0.39 is 0 Å². The monoisotopic (exact) mass is 419 g/mol. The van der Waals surface area contributed by atoms with Crippen LogP contribution in [0.4, 0.5) is 5.69 Å². The van der Waals surface area contributed by atoms with Crippen molar-refractivity contribution in [2.45, 2.75) is 27.0 Å². The number of ether oxygens (including phenoxy) is 1. The van der Waals surface area contributed by atoms with Crippen LogP contribution in [0.25, 0.3) is 0 Å². The predicted octanol–water partition coefficient (Wildman–Crippen LogP) is 7.45. The summed E-state index contributed by atoms with van der Waals surface area (Å²) in [4.78, 5) is 0. The minimum Gasteiger partial charge on any atom is -0.488 e. The van der Waals surface area contributed by atoms with E-state index >= 15 is 0 Å². The fourth-order valence-electron chi connectivity index (χ4n) is 2.75. The summed E-state index contributed by atoms with van der Waals surface area (Å²) in [5, 5.41) is 5.34. The second-order valence-electron chi connectivity index (χ2n) is 6.38. The molecule has 0 saturated heterocycles. The summed E-state index contributed by atoms with van der Waals surface area (Å²) in [5.74, 6) is 0.767. The third kappa shape index (κ3) is 5.10. The van der Waals surface area contributed by atoms with Crippen LogP contribution in [0.3, 0.4) is 0 Å². The Bertz CT molecular complexity index is 956. The van der Waals surface area contributed by atoms with Crippen LogP contribution in [0.1, 0.15) is 22.3 Å². The molecule has 0 atom stereocenters. The predicted molar refractivity (Wildman–Crippen MR) is 115 cm³/mol. The molecule has 0 heterocycles. The highest BCUT2D eigenvalue weighted by molar-refractivity contribution is 6.35. The average Bonchev–Trinajstić information content (AvgIpc) is 2.63. The van der Waals surface area contributed by atoms with Crippen LogP contribution in [0, 0.1) is 13.8 Å². The van der Waals surface area contributed by atoms with Crippen molar-refractivity contribution in [1.82, 2.24) is 0 Å². The van der Waals surface area contributed by atoms with Crippen molar-refractivity contribution in [2.75, 3.05) is 5.32 Å². The van der Waals surface area contributed by atoms with Crippen molar-refractivity contribution in [3.05, 3.63) is 91.9 Å². The van der Waals surface area contributed by atoms with Crippen molar-refractivity contribution in [3.8, 4) is 5.75 Å². The second-order valence-corrected chi connectivity index (χ2v) is 7.66. The van der Waals surface area contributed by atoms with Crippen LogP contribution in [-0.4, -0.2) is 0 Å². The number of anilines is 1. The number of halogens is 3. The molecule has 0 saturated carbocycles. The first-order valence-electron chi connectivity index (χ1n) is 8.59. The van der Waals surface area contributed by atoms with Crippen molar-refractivity contribution in [1.29, 1.82) is 0 Å². The number of hydrogen-bond acceptors (Lipinski definition) is 2. The summed E-state index contributed by atoms with van der Waals surface area (Å²) < 4.78 is 6.02. The molecule has 0 aromatic heterocycles. The maximum absolute atomic E-state index is 6.24. The summed E-state index contributed by atoms with van der Waals surface area (Å²) in [6.07, 6.45) is 0. The Labute approximate surface area is 175 Å². The Morgan fingerprint density at radius 1 is 0.852 bits per heavy atom. The quantitative estimate of drug-likeness (QED) is 0.447. The zero-order valence-corrected chi connectivity index (χ0v) is 17.4. The van der Waals surface area contributed by atoms with Crippen LogP contribution < -0.4 is 10.1 Å². The van der Waals surface area contributed by atoms with Gasteiger partial charge in [-0.15, -0.1) is 0 Å². The van der Waals surface area contributed by atoms with Gasteiger partial charge in [0.25, 0.3) is 0 Å². The standard InChI is InChI=1S/C22H20Cl3NO/c1-14-4-3-5-21(15(14)2)26-12-17-10-18(23)8-9-22(17)27-13-16-6-7-19(24)11-20(16)25/h3-11,26H,12-13H2,1-2H3. The second kappa shape index (κ2) is 8.88. The van der Waals surface area contributed by atoms with Gasteiger partial charge in [0.1, 0.15) is 12.4 Å². The number of aryl methyl sites for hydroxylation is 1. The molecule has 0 amide bonds. The van der Waals surface area contributed by atoms with E-state index in [0.29, 0.717) is 28.2 Å². The normalized spacial score (nSPS) is 10.7.